The zero-order valence-electron chi connectivity index (χ0n) is 9.54. The summed E-state index contributed by atoms with van der Waals surface area (Å²) < 4.78 is 25.5. The molecule has 94 valence electrons. The smallest absolute Gasteiger partial charge is 0.220 e. The highest BCUT2D eigenvalue weighted by Gasteiger charge is 2.06. The van der Waals surface area contributed by atoms with Crippen molar-refractivity contribution in [2.24, 2.45) is 0 Å². The first-order valence-electron chi connectivity index (χ1n) is 5.37. The molecule has 0 saturated heterocycles. The third-order valence-electron chi connectivity index (χ3n) is 2.22. The van der Waals surface area contributed by atoms with E-state index in [0.29, 0.717) is 12.0 Å². The molecule has 0 bridgehead atoms. The lowest BCUT2D eigenvalue weighted by atomic mass is 10.1. The molecule has 1 amide bonds. The Labute approximate surface area is 98.5 Å². The minimum Gasteiger partial charge on any atom is -0.392 e. The lowest BCUT2D eigenvalue weighted by molar-refractivity contribution is -0.121. The molecular formula is C12H15F2NO2. The Bertz CT molecular complexity index is 394. The van der Waals surface area contributed by atoms with Gasteiger partial charge < -0.3 is 10.4 Å². The Morgan fingerprint density at radius 3 is 2.71 bits per heavy atom. The second kappa shape index (κ2) is 6.30. The number of aliphatic hydroxyl groups is 1. The van der Waals surface area contributed by atoms with E-state index in [9.17, 15) is 13.6 Å². The van der Waals surface area contributed by atoms with Crippen LogP contribution in [0, 0.1) is 11.6 Å². The van der Waals surface area contributed by atoms with E-state index in [4.69, 9.17) is 5.11 Å². The molecule has 0 spiro atoms. The number of hydrogen-bond donors (Lipinski definition) is 2. The van der Waals surface area contributed by atoms with Crippen molar-refractivity contribution in [3.05, 3.63) is 35.4 Å². The van der Waals surface area contributed by atoms with Crippen molar-refractivity contribution < 1.29 is 18.7 Å². The molecule has 0 heterocycles. The molecule has 0 aliphatic carbocycles. The largest absolute Gasteiger partial charge is 0.392 e. The first kappa shape index (κ1) is 13.6. The molecule has 1 atom stereocenters. The highest BCUT2D eigenvalue weighted by molar-refractivity contribution is 5.76. The van der Waals surface area contributed by atoms with Crippen LogP contribution in [0.4, 0.5) is 8.78 Å². The summed E-state index contributed by atoms with van der Waals surface area (Å²) in [5.41, 5.74) is 0.566. The van der Waals surface area contributed by atoms with Crippen molar-refractivity contribution in [3.8, 4) is 0 Å². The topological polar surface area (TPSA) is 49.3 Å². The van der Waals surface area contributed by atoms with Crippen molar-refractivity contribution in [3.63, 3.8) is 0 Å². The molecule has 0 unspecified atom stereocenters. The molecule has 0 fully saturated rings. The summed E-state index contributed by atoms with van der Waals surface area (Å²) in [5.74, 6) is -2.03. The van der Waals surface area contributed by atoms with E-state index in [0.717, 1.165) is 12.1 Å². The normalized spacial score (nSPS) is 12.2. The predicted molar refractivity (Wildman–Crippen MR) is 59.4 cm³/mol. The summed E-state index contributed by atoms with van der Waals surface area (Å²) in [6.45, 7) is 1.76. The number of carbonyl (C=O) groups excluding carboxylic acids is 1. The lowest BCUT2D eigenvalue weighted by Crippen LogP contribution is -2.30. The van der Waals surface area contributed by atoms with Gasteiger partial charge in [-0.15, -0.1) is 0 Å². The van der Waals surface area contributed by atoms with Crippen LogP contribution in [-0.2, 0) is 11.2 Å². The molecule has 3 nitrogen and oxygen atoms in total. The number of aliphatic hydroxyl groups excluding tert-OH is 1. The van der Waals surface area contributed by atoms with E-state index in [1.807, 2.05) is 0 Å². The maximum Gasteiger partial charge on any atom is 0.220 e. The van der Waals surface area contributed by atoms with Gasteiger partial charge in [-0.25, -0.2) is 8.78 Å². The zero-order chi connectivity index (χ0) is 12.8. The molecule has 1 aromatic rings. The number of nitrogens with one attached hydrogen (secondary N) is 1. The summed E-state index contributed by atoms with van der Waals surface area (Å²) in [6, 6.07) is 3.57. The molecule has 1 rings (SSSR count). The first-order chi connectivity index (χ1) is 7.99. The minimum atomic E-state index is -0.910. The molecular weight excluding hydrogens is 228 g/mol. The van der Waals surface area contributed by atoms with E-state index >= 15 is 0 Å². The van der Waals surface area contributed by atoms with E-state index in [-0.39, 0.29) is 18.9 Å². The fourth-order valence-corrected chi connectivity index (χ4v) is 1.30. The number of benzene rings is 1. The summed E-state index contributed by atoms with van der Waals surface area (Å²) >= 11 is 0. The van der Waals surface area contributed by atoms with Gasteiger partial charge in [-0.3, -0.25) is 4.79 Å². The van der Waals surface area contributed by atoms with Crippen LogP contribution in [0.3, 0.4) is 0 Å². The first-order valence-corrected chi connectivity index (χ1v) is 5.37. The summed E-state index contributed by atoms with van der Waals surface area (Å²) in [5, 5.41) is 11.5. The Hall–Kier alpha value is -1.49. The maximum atomic E-state index is 12.8. The predicted octanol–water partition coefficient (Wildman–Crippen LogP) is 1.39. The van der Waals surface area contributed by atoms with Crippen LogP contribution in [0.1, 0.15) is 18.9 Å². The number of aryl methyl sites for hydroxylation is 1. The molecule has 17 heavy (non-hydrogen) atoms. The summed E-state index contributed by atoms with van der Waals surface area (Å²) in [6.07, 6.45) is -0.0807. The maximum absolute atomic E-state index is 12.8. The number of rotatable bonds is 5. The van der Waals surface area contributed by atoms with Crippen molar-refractivity contribution in [1.82, 2.24) is 5.32 Å². The van der Waals surface area contributed by atoms with Crippen LogP contribution in [-0.4, -0.2) is 23.7 Å². The Morgan fingerprint density at radius 1 is 1.41 bits per heavy atom. The molecule has 0 saturated carbocycles. The van der Waals surface area contributed by atoms with Gasteiger partial charge in [0, 0.05) is 13.0 Å². The molecule has 0 aliphatic heterocycles. The standard InChI is InChI=1S/C12H15F2NO2/c1-8(16)7-15-12(17)5-3-9-2-4-10(13)11(14)6-9/h2,4,6,8,16H,3,5,7H2,1H3,(H,15,17)/t8-/m1/s1. The highest BCUT2D eigenvalue weighted by Crippen LogP contribution is 2.10. The zero-order valence-corrected chi connectivity index (χ0v) is 9.54. The Kier molecular flexibility index (Phi) is 5.03. The monoisotopic (exact) mass is 243 g/mol. The number of amides is 1. The molecule has 0 aliphatic rings. The second-order valence-corrected chi connectivity index (χ2v) is 3.90. The fraction of sp³-hybridized carbons (Fsp3) is 0.417. The van der Waals surface area contributed by atoms with Gasteiger partial charge in [0.2, 0.25) is 5.91 Å². The second-order valence-electron chi connectivity index (χ2n) is 3.90. The van der Waals surface area contributed by atoms with E-state index < -0.39 is 17.7 Å². The van der Waals surface area contributed by atoms with Gasteiger partial charge in [0.1, 0.15) is 0 Å². The average Bonchev–Trinajstić information content (AvgIpc) is 2.28. The molecule has 0 radical (unpaired) electrons. The third-order valence-corrected chi connectivity index (χ3v) is 2.22. The van der Waals surface area contributed by atoms with E-state index in [1.165, 1.54) is 6.07 Å². The van der Waals surface area contributed by atoms with Crippen LogP contribution in [0.15, 0.2) is 18.2 Å². The summed E-state index contributed by atoms with van der Waals surface area (Å²) in [7, 11) is 0. The molecule has 1 aromatic carbocycles. The molecule has 2 N–H and O–H groups in total. The van der Waals surface area contributed by atoms with Gasteiger partial charge >= 0.3 is 0 Å². The van der Waals surface area contributed by atoms with Gasteiger partial charge in [0.15, 0.2) is 11.6 Å². The minimum absolute atomic E-state index is 0.178. The quantitative estimate of drug-likeness (QED) is 0.821. The highest BCUT2D eigenvalue weighted by atomic mass is 19.2. The molecule has 5 heteroatoms. The third kappa shape index (κ3) is 4.91. The Balaban J connectivity index is 2.39. The van der Waals surface area contributed by atoms with Gasteiger partial charge in [-0.05, 0) is 31.0 Å². The number of carbonyl (C=O) groups is 1. The average molecular weight is 243 g/mol. The van der Waals surface area contributed by atoms with Gasteiger partial charge in [-0.2, -0.15) is 0 Å². The molecule has 0 aromatic heterocycles. The van der Waals surface area contributed by atoms with Gasteiger partial charge in [0.25, 0.3) is 0 Å². The van der Waals surface area contributed by atoms with E-state index in [2.05, 4.69) is 5.32 Å². The van der Waals surface area contributed by atoms with Gasteiger partial charge in [0.05, 0.1) is 6.10 Å². The van der Waals surface area contributed by atoms with Crippen LogP contribution >= 0.6 is 0 Å². The van der Waals surface area contributed by atoms with Crippen molar-refractivity contribution in [1.29, 1.82) is 0 Å². The van der Waals surface area contributed by atoms with Crippen molar-refractivity contribution in [2.75, 3.05) is 6.54 Å². The number of hydrogen-bond acceptors (Lipinski definition) is 2. The van der Waals surface area contributed by atoms with E-state index in [1.54, 1.807) is 6.92 Å². The van der Waals surface area contributed by atoms with Crippen LogP contribution in [0.5, 0.6) is 0 Å². The number of halogens is 2. The van der Waals surface area contributed by atoms with Crippen molar-refractivity contribution >= 4 is 5.91 Å². The van der Waals surface area contributed by atoms with Crippen LogP contribution < -0.4 is 5.32 Å². The summed E-state index contributed by atoms with van der Waals surface area (Å²) in [4.78, 5) is 11.3. The van der Waals surface area contributed by atoms with Crippen LogP contribution in [0.25, 0.3) is 0 Å². The Morgan fingerprint density at radius 2 is 2.12 bits per heavy atom. The van der Waals surface area contributed by atoms with Crippen molar-refractivity contribution in [2.45, 2.75) is 25.9 Å². The SMILES string of the molecule is C[C@@H](O)CNC(=O)CCc1ccc(F)c(F)c1. The lowest BCUT2D eigenvalue weighted by Gasteiger charge is -2.07. The van der Waals surface area contributed by atoms with Gasteiger partial charge in [-0.1, -0.05) is 6.07 Å². The van der Waals surface area contributed by atoms with Crippen LogP contribution in [0.2, 0.25) is 0 Å². The fourth-order valence-electron chi connectivity index (χ4n) is 1.30.